The average Bonchev–Trinajstić information content (AvgIpc) is 3.00. The summed E-state index contributed by atoms with van der Waals surface area (Å²) in [6.07, 6.45) is 1.89. The van der Waals surface area contributed by atoms with Gasteiger partial charge in [-0.15, -0.1) is 0 Å². The van der Waals surface area contributed by atoms with Crippen molar-refractivity contribution in [1.82, 2.24) is 15.3 Å². The van der Waals surface area contributed by atoms with Crippen LogP contribution in [0.1, 0.15) is 5.82 Å². The summed E-state index contributed by atoms with van der Waals surface area (Å²) in [5.74, 6) is 0.939. The van der Waals surface area contributed by atoms with E-state index in [2.05, 4.69) is 57.7 Å². The number of imidazole rings is 1. The number of ether oxygens (including phenoxy) is 1. The summed E-state index contributed by atoms with van der Waals surface area (Å²) in [6.45, 7) is 2.25. The van der Waals surface area contributed by atoms with Crippen molar-refractivity contribution < 1.29 is 4.74 Å². The molecule has 0 spiro atoms. The first-order valence-corrected chi connectivity index (χ1v) is 7.09. The van der Waals surface area contributed by atoms with Crippen molar-refractivity contribution >= 4 is 10.8 Å². The number of nitrogens with zero attached hydrogens (tertiary/aromatic N) is 1. The van der Waals surface area contributed by atoms with Gasteiger partial charge in [-0.05, 0) is 16.8 Å². The van der Waals surface area contributed by atoms with Gasteiger partial charge < -0.3 is 15.0 Å². The number of rotatable bonds is 6. The van der Waals surface area contributed by atoms with Crippen LogP contribution in [-0.2, 0) is 11.3 Å². The molecular weight excluding hydrogens is 262 g/mol. The van der Waals surface area contributed by atoms with Gasteiger partial charge in [0.1, 0.15) is 5.82 Å². The van der Waals surface area contributed by atoms with Crippen LogP contribution in [0.4, 0.5) is 0 Å². The first-order chi connectivity index (χ1) is 10.4. The van der Waals surface area contributed by atoms with Crippen LogP contribution in [0.2, 0.25) is 0 Å². The van der Waals surface area contributed by atoms with Crippen LogP contribution in [0.3, 0.4) is 0 Å². The Kier molecular flexibility index (Phi) is 4.28. The third-order valence-electron chi connectivity index (χ3n) is 3.46. The number of nitrogens with one attached hydrogen (secondary N) is 2. The minimum Gasteiger partial charge on any atom is -0.383 e. The fraction of sp³-hybridized carbons (Fsp3) is 0.235. The van der Waals surface area contributed by atoms with Crippen molar-refractivity contribution in [2.45, 2.75) is 6.54 Å². The van der Waals surface area contributed by atoms with Crippen LogP contribution in [0.15, 0.2) is 48.7 Å². The molecule has 3 aromatic rings. The summed E-state index contributed by atoms with van der Waals surface area (Å²) < 4.78 is 5.00. The van der Waals surface area contributed by atoms with E-state index in [-0.39, 0.29) is 0 Å². The Labute approximate surface area is 124 Å². The zero-order chi connectivity index (χ0) is 14.5. The van der Waals surface area contributed by atoms with Crippen molar-refractivity contribution in [3.63, 3.8) is 0 Å². The maximum Gasteiger partial charge on any atom is 0.120 e. The molecule has 4 nitrogen and oxygen atoms in total. The van der Waals surface area contributed by atoms with Crippen LogP contribution in [0.25, 0.3) is 22.0 Å². The second kappa shape index (κ2) is 6.52. The van der Waals surface area contributed by atoms with Gasteiger partial charge in [0.25, 0.3) is 0 Å². The summed E-state index contributed by atoms with van der Waals surface area (Å²) in [5, 5.41) is 5.77. The minimum atomic E-state index is 0.707. The molecular formula is C17H19N3O. The van der Waals surface area contributed by atoms with E-state index in [0.717, 1.165) is 30.2 Å². The van der Waals surface area contributed by atoms with Crippen LogP contribution in [-0.4, -0.2) is 30.2 Å². The third-order valence-corrected chi connectivity index (χ3v) is 3.46. The quantitative estimate of drug-likeness (QED) is 0.683. The second-order valence-corrected chi connectivity index (χ2v) is 4.98. The topological polar surface area (TPSA) is 49.9 Å². The molecule has 1 aromatic heterocycles. The van der Waals surface area contributed by atoms with Gasteiger partial charge in [-0.25, -0.2) is 4.98 Å². The number of aromatic amines is 1. The number of hydrogen-bond donors (Lipinski definition) is 2. The Hall–Kier alpha value is -2.17. The Balaban J connectivity index is 1.75. The van der Waals surface area contributed by atoms with Crippen molar-refractivity contribution in [2.24, 2.45) is 0 Å². The van der Waals surface area contributed by atoms with Gasteiger partial charge >= 0.3 is 0 Å². The van der Waals surface area contributed by atoms with Gasteiger partial charge in [0.2, 0.25) is 0 Å². The molecule has 0 bridgehead atoms. The van der Waals surface area contributed by atoms with E-state index in [4.69, 9.17) is 4.74 Å². The van der Waals surface area contributed by atoms with Crippen LogP contribution < -0.4 is 5.32 Å². The lowest BCUT2D eigenvalue weighted by molar-refractivity contribution is 0.199. The highest BCUT2D eigenvalue weighted by molar-refractivity contribution is 5.86. The molecule has 0 saturated carbocycles. The van der Waals surface area contributed by atoms with Gasteiger partial charge in [-0.2, -0.15) is 0 Å². The predicted molar refractivity (Wildman–Crippen MR) is 85.1 cm³/mol. The smallest absolute Gasteiger partial charge is 0.120 e. The monoisotopic (exact) mass is 281 g/mol. The van der Waals surface area contributed by atoms with Crippen LogP contribution in [0.5, 0.6) is 0 Å². The van der Waals surface area contributed by atoms with E-state index in [1.807, 2.05) is 6.20 Å². The molecule has 2 aromatic carbocycles. The molecule has 1 heterocycles. The molecule has 4 heteroatoms. The predicted octanol–water partition coefficient (Wildman–Crippen LogP) is 2.97. The summed E-state index contributed by atoms with van der Waals surface area (Å²) in [6, 6.07) is 14.8. The van der Waals surface area contributed by atoms with Gasteiger partial charge in [0.05, 0.1) is 25.0 Å². The van der Waals surface area contributed by atoms with E-state index in [1.54, 1.807) is 7.11 Å². The van der Waals surface area contributed by atoms with Crippen molar-refractivity contribution in [2.75, 3.05) is 20.3 Å². The summed E-state index contributed by atoms with van der Waals surface area (Å²) in [7, 11) is 1.70. The standard InChI is InChI=1S/C17H19N3O/c1-21-9-8-18-12-17-19-11-16(20-17)15-7-6-13-4-2-3-5-14(13)10-15/h2-7,10-11,18H,8-9,12H2,1H3,(H,19,20). The second-order valence-electron chi connectivity index (χ2n) is 4.98. The van der Waals surface area contributed by atoms with E-state index < -0.39 is 0 Å². The highest BCUT2D eigenvalue weighted by atomic mass is 16.5. The zero-order valence-corrected chi connectivity index (χ0v) is 12.1. The Morgan fingerprint density at radius 3 is 2.86 bits per heavy atom. The molecule has 0 aliphatic heterocycles. The van der Waals surface area contributed by atoms with Crippen LogP contribution >= 0.6 is 0 Å². The number of benzene rings is 2. The highest BCUT2D eigenvalue weighted by Crippen LogP contribution is 2.23. The van der Waals surface area contributed by atoms with E-state index in [9.17, 15) is 0 Å². The Morgan fingerprint density at radius 2 is 2.00 bits per heavy atom. The molecule has 0 amide bonds. The fourth-order valence-electron chi connectivity index (χ4n) is 2.34. The van der Waals surface area contributed by atoms with Crippen molar-refractivity contribution in [1.29, 1.82) is 0 Å². The summed E-state index contributed by atoms with van der Waals surface area (Å²) >= 11 is 0. The van der Waals surface area contributed by atoms with Crippen LogP contribution in [0, 0.1) is 0 Å². The highest BCUT2D eigenvalue weighted by Gasteiger charge is 2.04. The summed E-state index contributed by atoms with van der Waals surface area (Å²) in [5.41, 5.74) is 2.20. The zero-order valence-electron chi connectivity index (χ0n) is 12.1. The molecule has 3 rings (SSSR count). The molecule has 21 heavy (non-hydrogen) atoms. The molecule has 108 valence electrons. The molecule has 0 radical (unpaired) electrons. The maximum absolute atomic E-state index is 5.00. The van der Waals surface area contributed by atoms with Crippen molar-refractivity contribution in [3.8, 4) is 11.3 Å². The van der Waals surface area contributed by atoms with E-state index in [1.165, 1.54) is 10.8 Å². The first-order valence-electron chi connectivity index (χ1n) is 7.09. The van der Waals surface area contributed by atoms with E-state index in [0.29, 0.717) is 6.61 Å². The summed E-state index contributed by atoms with van der Waals surface area (Å²) in [4.78, 5) is 7.77. The number of H-pyrrole nitrogens is 1. The van der Waals surface area contributed by atoms with Gasteiger partial charge in [0, 0.05) is 19.2 Å². The largest absolute Gasteiger partial charge is 0.383 e. The molecule has 2 N–H and O–H groups in total. The molecule has 0 unspecified atom stereocenters. The SMILES string of the molecule is COCCNCc1ncc(-c2ccc3ccccc3c2)[nH]1. The maximum atomic E-state index is 5.00. The number of aromatic nitrogens is 2. The lowest BCUT2D eigenvalue weighted by atomic mass is 10.1. The van der Waals surface area contributed by atoms with E-state index >= 15 is 0 Å². The normalized spacial score (nSPS) is 11.1. The lowest BCUT2D eigenvalue weighted by Crippen LogP contribution is -2.19. The molecule has 0 atom stereocenters. The number of methoxy groups -OCH3 is 1. The molecule has 0 aliphatic carbocycles. The third kappa shape index (κ3) is 3.29. The van der Waals surface area contributed by atoms with Gasteiger partial charge in [0.15, 0.2) is 0 Å². The molecule has 0 saturated heterocycles. The number of hydrogen-bond acceptors (Lipinski definition) is 3. The lowest BCUT2D eigenvalue weighted by Gasteiger charge is -2.02. The van der Waals surface area contributed by atoms with Gasteiger partial charge in [-0.1, -0.05) is 36.4 Å². The van der Waals surface area contributed by atoms with Gasteiger partial charge in [-0.3, -0.25) is 0 Å². The molecule has 0 aliphatic rings. The molecule has 0 fully saturated rings. The minimum absolute atomic E-state index is 0.707. The Bertz CT molecular complexity index is 721. The Morgan fingerprint density at radius 1 is 1.14 bits per heavy atom. The van der Waals surface area contributed by atoms with Crippen molar-refractivity contribution in [3.05, 3.63) is 54.5 Å². The number of fused-ring (bicyclic) bond motifs is 1. The average molecular weight is 281 g/mol. The fourth-order valence-corrected chi connectivity index (χ4v) is 2.34. The first kappa shape index (κ1) is 13.8.